The number of aliphatic carboxylic acids is 1. The van der Waals surface area contributed by atoms with Crippen LogP contribution in [0.25, 0.3) is 0 Å². The summed E-state index contributed by atoms with van der Waals surface area (Å²) in [7, 11) is 0. The summed E-state index contributed by atoms with van der Waals surface area (Å²) in [5.41, 5.74) is 0.961. The van der Waals surface area contributed by atoms with Crippen molar-refractivity contribution in [2.24, 2.45) is 0 Å². The molecule has 7 nitrogen and oxygen atoms in total. The van der Waals surface area contributed by atoms with Crippen LogP contribution in [0.1, 0.15) is 58.7 Å². The first-order chi connectivity index (χ1) is 10.2. The molecule has 1 unspecified atom stereocenters. The molecule has 2 amide bonds. The van der Waals surface area contributed by atoms with E-state index in [0.29, 0.717) is 12.1 Å². The summed E-state index contributed by atoms with van der Waals surface area (Å²) in [5.74, 6) is -0.874. The third-order valence-electron chi connectivity index (χ3n) is 3.72. The van der Waals surface area contributed by atoms with E-state index in [2.05, 4.69) is 29.6 Å². The fourth-order valence-corrected chi connectivity index (χ4v) is 2.11. The lowest BCUT2D eigenvalue weighted by atomic mass is 9.99. The molecule has 124 valence electrons. The van der Waals surface area contributed by atoms with Crippen molar-refractivity contribution in [3.05, 3.63) is 11.9 Å². The van der Waals surface area contributed by atoms with Crippen molar-refractivity contribution in [1.29, 1.82) is 0 Å². The van der Waals surface area contributed by atoms with E-state index >= 15 is 0 Å². The average Bonchev–Trinajstić information content (AvgIpc) is 2.76. The van der Waals surface area contributed by atoms with E-state index in [1.807, 2.05) is 11.6 Å². The van der Waals surface area contributed by atoms with Crippen LogP contribution in [-0.4, -0.2) is 32.4 Å². The Bertz CT molecular complexity index is 537. The van der Waals surface area contributed by atoms with Crippen LogP contribution in [0.5, 0.6) is 0 Å². The zero-order valence-corrected chi connectivity index (χ0v) is 13.9. The minimum Gasteiger partial charge on any atom is -0.481 e. The topological polar surface area (TPSA) is 96.3 Å². The van der Waals surface area contributed by atoms with E-state index in [1.54, 1.807) is 20.0 Å². The van der Waals surface area contributed by atoms with E-state index in [-0.39, 0.29) is 18.5 Å². The molecular formula is C15H26N4O3. The van der Waals surface area contributed by atoms with Gasteiger partial charge < -0.3 is 15.7 Å². The lowest BCUT2D eigenvalue weighted by molar-refractivity contribution is -0.137. The van der Waals surface area contributed by atoms with Gasteiger partial charge in [0.25, 0.3) is 0 Å². The summed E-state index contributed by atoms with van der Waals surface area (Å²) >= 11 is 0. The Hall–Kier alpha value is -2.05. The zero-order chi connectivity index (χ0) is 16.9. The maximum atomic E-state index is 12.1. The number of urea groups is 1. The second-order valence-electron chi connectivity index (χ2n) is 6.20. The van der Waals surface area contributed by atoms with E-state index in [1.165, 1.54) is 0 Å². The van der Waals surface area contributed by atoms with Crippen LogP contribution in [0, 0.1) is 6.92 Å². The van der Waals surface area contributed by atoms with Gasteiger partial charge in [-0.2, -0.15) is 5.10 Å². The zero-order valence-electron chi connectivity index (χ0n) is 13.9. The van der Waals surface area contributed by atoms with E-state index in [0.717, 1.165) is 12.1 Å². The van der Waals surface area contributed by atoms with Crippen LogP contribution < -0.4 is 10.6 Å². The Morgan fingerprint density at radius 3 is 2.64 bits per heavy atom. The van der Waals surface area contributed by atoms with E-state index in [4.69, 9.17) is 5.11 Å². The van der Waals surface area contributed by atoms with Crippen LogP contribution in [0.3, 0.4) is 0 Å². The Morgan fingerprint density at radius 2 is 2.09 bits per heavy atom. The van der Waals surface area contributed by atoms with Gasteiger partial charge in [0.05, 0.1) is 17.6 Å². The first-order valence-electron chi connectivity index (χ1n) is 7.51. The number of nitrogens with zero attached hydrogens (tertiary/aromatic N) is 2. The van der Waals surface area contributed by atoms with Gasteiger partial charge in [0.1, 0.15) is 0 Å². The van der Waals surface area contributed by atoms with Gasteiger partial charge in [-0.15, -0.1) is 0 Å². The van der Waals surface area contributed by atoms with E-state index in [9.17, 15) is 9.59 Å². The van der Waals surface area contributed by atoms with Crippen molar-refractivity contribution in [2.45, 2.75) is 65.5 Å². The van der Waals surface area contributed by atoms with Gasteiger partial charge in [-0.1, -0.05) is 6.92 Å². The fourth-order valence-electron chi connectivity index (χ4n) is 2.11. The van der Waals surface area contributed by atoms with Gasteiger partial charge >= 0.3 is 12.0 Å². The molecule has 0 bridgehead atoms. The molecule has 0 saturated carbocycles. The molecule has 0 spiro atoms. The number of carboxylic acid groups (broad SMARTS) is 1. The van der Waals surface area contributed by atoms with Crippen LogP contribution in [0.4, 0.5) is 10.5 Å². The normalized spacial score (nSPS) is 12.8. The van der Waals surface area contributed by atoms with Crippen LogP contribution >= 0.6 is 0 Å². The molecule has 22 heavy (non-hydrogen) atoms. The van der Waals surface area contributed by atoms with Crippen LogP contribution in [0.15, 0.2) is 6.20 Å². The van der Waals surface area contributed by atoms with Crippen LogP contribution in [0.2, 0.25) is 0 Å². The first kappa shape index (κ1) is 18.0. The van der Waals surface area contributed by atoms with Gasteiger partial charge in [0.2, 0.25) is 0 Å². The second kappa shape index (κ2) is 7.29. The number of nitrogens with one attached hydrogen (secondary N) is 2. The van der Waals surface area contributed by atoms with Crippen molar-refractivity contribution in [2.75, 3.05) is 5.32 Å². The average molecular weight is 310 g/mol. The van der Waals surface area contributed by atoms with Crippen molar-refractivity contribution in [1.82, 2.24) is 15.1 Å². The lowest BCUT2D eigenvalue weighted by Crippen LogP contribution is -2.45. The SMILES string of the molecule is CCC(C)n1ncc(NC(=O)NC(C)(C)CCC(=O)O)c1C. The fraction of sp³-hybridized carbons (Fsp3) is 0.667. The number of rotatable bonds is 7. The second-order valence-corrected chi connectivity index (χ2v) is 6.20. The van der Waals surface area contributed by atoms with Crippen LogP contribution in [-0.2, 0) is 4.79 Å². The molecule has 7 heteroatoms. The summed E-state index contributed by atoms with van der Waals surface area (Å²) in [4.78, 5) is 22.7. The Labute approximate surface area is 131 Å². The number of amides is 2. The molecule has 0 saturated heterocycles. The summed E-state index contributed by atoms with van der Waals surface area (Å²) in [6.45, 7) is 9.65. The third-order valence-corrected chi connectivity index (χ3v) is 3.72. The smallest absolute Gasteiger partial charge is 0.319 e. The highest BCUT2D eigenvalue weighted by Gasteiger charge is 2.22. The largest absolute Gasteiger partial charge is 0.481 e. The maximum absolute atomic E-state index is 12.1. The third kappa shape index (κ3) is 5.05. The van der Waals surface area contributed by atoms with Crippen molar-refractivity contribution >= 4 is 17.7 Å². The highest BCUT2D eigenvalue weighted by Crippen LogP contribution is 2.20. The monoisotopic (exact) mass is 310 g/mol. The molecule has 0 radical (unpaired) electrons. The highest BCUT2D eigenvalue weighted by molar-refractivity contribution is 5.90. The number of aromatic nitrogens is 2. The maximum Gasteiger partial charge on any atom is 0.319 e. The first-order valence-corrected chi connectivity index (χ1v) is 7.51. The molecule has 1 aromatic heterocycles. The highest BCUT2D eigenvalue weighted by atomic mass is 16.4. The Balaban J connectivity index is 2.65. The van der Waals surface area contributed by atoms with Crippen molar-refractivity contribution < 1.29 is 14.7 Å². The van der Waals surface area contributed by atoms with Crippen molar-refractivity contribution in [3.8, 4) is 0 Å². The molecule has 0 aliphatic carbocycles. The minimum absolute atomic E-state index is 0.0122. The van der Waals surface area contributed by atoms with Gasteiger partial charge in [-0.05, 0) is 40.5 Å². The van der Waals surface area contributed by atoms with Gasteiger partial charge in [0.15, 0.2) is 0 Å². The quantitative estimate of drug-likeness (QED) is 0.721. The number of carbonyl (C=O) groups excluding carboxylic acids is 1. The molecular weight excluding hydrogens is 284 g/mol. The predicted molar refractivity (Wildman–Crippen MR) is 85.1 cm³/mol. The summed E-state index contributed by atoms with van der Waals surface area (Å²) in [5, 5.41) is 18.6. The van der Waals surface area contributed by atoms with Crippen molar-refractivity contribution in [3.63, 3.8) is 0 Å². The molecule has 0 fully saturated rings. The van der Waals surface area contributed by atoms with E-state index < -0.39 is 11.5 Å². The number of anilines is 1. The number of hydrogen-bond acceptors (Lipinski definition) is 3. The molecule has 1 rings (SSSR count). The molecule has 0 aliphatic rings. The molecule has 1 aromatic rings. The molecule has 0 aliphatic heterocycles. The Kier molecular flexibility index (Phi) is 5.96. The minimum atomic E-state index is -0.874. The molecule has 0 aromatic carbocycles. The standard InChI is InChI=1S/C15H26N4O3/c1-6-10(2)19-11(3)12(9-16-19)17-14(22)18-15(4,5)8-7-13(20)21/h9-10H,6-8H2,1-5H3,(H,20,21)(H2,17,18,22). The predicted octanol–water partition coefficient (Wildman–Crippen LogP) is 2.93. The lowest BCUT2D eigenvalue weighted by Gasteiger charge is -2.25. The molecule has 3 N–H and O–H groups in total. The summed E-state index contributed by atoms with van der Waals surface area (Å²) < 4.78 is 1.88. The summed E-state index contributed by atoms with van der Waals surface area (Å²) in [6.07, 6.45) is 2.96. The molecule has 1 atom stereocenters. The molecule has 1 heterocycles. The van der Waals surface area contributed by atoms with Gasteiger partial charge in [-0.3, -0.25) is 9.48 Å². The van der Waals surface area contributed by atoms with Gasteiger partial charge in [-0.25, -0.2) is 4.79 Å². The number of carboxylic acids is 1. The van der Waals surface area contributed by atoms with Gasteiger partial charge in [0, 0.05) is 18.0 Å². The number of hydrogen-bond donors (Lipinski definition) is 3. The summed E-state index contributed by atoms with van der Waals surface area (Å²) in [6, 6.07) is -0.0900. The number of carbonyl (C=O) groups is 2. The Morgan fingerprint density at radius 1 is 1.45 bits per heavy atom.